The maximum absolute atomic E-state index is 13.7. The molecule has 0 bridgehead atoms. The predicted molar refractivity (Wildman–Crippen MR) is 137 cm³/mol. The highest BCUT2D eigenvalue weighted by molar-refractivity contribution is 5.86. The number of carbonyl (C=O) groups excluding carboxylic acids is 3. The minimum absolute atomic E-state index is 0.0629. The standard InChI is InChI=1S/C29H45F3O6/c1-4-6-21(8-5-7-20-17-24(30)28(32)25(31)18-20)22-9-11-23(12-10-22)38-27(34)14-13-26(33)36-15-16-37-29(35)19(2)3/h20-25,28H,2,4-18H2,1,3H3. The summed E-state index contributed by atoms with van der Waals surface area (Å²) in [5.74, 6) is -0.555. The summed E-state index contributed by atoms with van der Waals surface area (Å²) in [4.78, 5) is 35.2. The zero-order chi connectivity index (χ0) is 28.1. The molecular weight excluding hydrogens is 501 g/mol. The fourth-order valence-corrected chi connectivity index (χ4v) is 5.72. The van der Waals surface area contributed by atoms with Crippen molar-refractivity contribution in [3.8, 4) is 0 Å². The molecule has 0 spiro atoms. The monoisotopic (exact) mass is 546 g/mol. The highest BCUT2D eigenvalue weighted by Crippen LogP contribution is 2.38. The van der Waals surface area contributed by atoms with Gasteiger partial charge < -0.3 is 14.2 Å². The number of rotatable bonds is 15. The number of halogens is 3. The summed E-state index contributed by atoms with van der Waals surface area (Å²) in [6.07, 6.45) is 2.87. The fourth-order valence-electron chi connectivity index (χ4n) is 5.72. The second kappa shape index (κ2) is 16.8. The minimum Gasteiger partial charge on any atom is -0.462 e. The number of ether oxygens (including phenoxy) is 3. The van der Waals surface area contributed by atoms with E-state index in [9.17, 15) is 27.6 Å². The normalized spacial score (nSPS) is 28.2. The number of esters is 3. The first-order chi connectivity index (χ1) is 18.1. The Morgan fingerprint density at radius 3 is 2.11 bits per heavy atom. The van der Waals surface area contributed by atoms with E-state index in [1.54, 1.807) is 0 Å². The first kappa shape index (κ1) is 32.2. The predicted octanol–water partition coefficient (Wildman–Crippen LogP) is 6.54. The van der Waals surface area contributed by atoms with Gasteiger partial charge in [0.05, 0.1) is 12.8 Å². The van der Waals surface area contributed by atoms with Crippen molar-refractivity contribution in [2.45, 2.75) is 122 Å². The van der Waals surface area contributed by atoms with Gasteiger partial charge in [-0.25, -0.2) is 18.0 Å². The average Bonchev–Trinajstić information content (AvgIpc) is 2.88. The van der Waals surface area contributed by atoms with Crippen LogP contribution in [0.5, 0.6) is 0 Å². The van der Waals surface area contributed by atoms with E-state index in [1.807, 2.05) is 0 Å². The van der Waals surface area contributed by atoms with E-state index in [-0.39, 0.29) is 56.5 Å². The van der Waals surface area contributed by atoms with E-state index in [1.165, 1.54) is 6.92 Å². The van der Waals surface area contributed by atoms with Crippen molar-refractivity contribution >= 4 is 17.9 Å². The van der Waals surface area contributed by atoms with E-state index in [0.29, 0.717) is 11.8 Å². The van der Waals surface area contributed by atoms with Crippen LogP contribution in [0.15, 0.2) is 12.2 Å². The summed E-state index contributed by atoms with van der Waals surface area (Å²) in [6.45, 7) is 6.98. The SMILES string of the molecule is C=C(C)C(=O)OCCOC(=O)CCC(=O)OC1CCC(C(CCC)CCCC2CC(F)C(F)C(F)C2)CC1. The number of alkyl halides is 3. The first-order valence-corrected chi connectivity index (χ1v) is 14.2. The van der Waals surface area contributed by atoms with Crippen LogP contribution < -0.4 is 0 Å². The number of carbonyl (C=O) groups is 3. The van der Waals surface area contributed by atoms with Gasteiger partial charge in [0.2, 0.25) is 0 Å². The Bertz CT molecular complexity index is 755. The maximum atomic E-state index is 13.7. The Labute approximate surface area is 225 Å². The van der Waals surface area contributed by atoms with Crippen LogP contribution >= 0.6 is 0 Å². The molecule has 3 atom stereocenters. The van der Waals surface area contributed by atoms with Gasteiger partial charge in [-0.2, -0.15) is 0 Å². The second-order valence-corrected chi connectivity index (χ2v) is 11.0. The average molecular weight is 547 g/mol. The Morgan fingerprint density at radius 2 is 1.50 bits per heavy atom. The molecule has 38 heavy (non-hydrogen) atoms. The van der Waals surface area contributed by atoms with Crippen molar-refractivity contribution in [1.29, 1.82) is 0 Å². The highest BCUT2D eigenvalue weighted by Gasteiger charge is 2.38. The van der Waals surface area contributed by atoms with Gasteiger partial charge in [-0.1, -0.05) is 45.6 Å². The summed E-state index contributed by atoms with van der Waals surface area (Å²) in [5, 5.41) is 0. The van der Waals surface area contributed by atoms with Crippen molar-refractivity contribution in [3.63, 3.8) is 0 Å². The van der Waals surface area contributed by atoms with Gasteiger partial charge in [-0.05, 0) is 63.2 Å². The van der Waals surface area contributed by atoms with E-state index >= 15 is 0 Å². The van der Waals surface area contributed by atoms with Gasteiger partial charge >= 0.3 is 17.9 Å². The Balaban J connectivity index is 1.62. The van der Waals surface area contributed by atoms with Crippen LogP contribution in [0.2, 0.25) is 0 Å². The van der Waals surface area contributed by atoms with Crippen LogP contribution in [-0.2, 0) is 28.6 Å². The third-order valence-electron chi connectivity index (χ3n) is 7.80. The van der Waals surface area contributed by atoms with Crippen molar-refractivity contribution < 1.29 is 41.8 Å². The molecule has 9 heteroatoms. The lowest BCUT2D eigenvalue weighted by Crippen LogP contribution is -2.37. The molecule has 2 rings (SSSR count). The molecule has 0 aromatic heterocycles. The van der Waals surface area contributed by atoms with Crippen LogP contribution in [0.3, 0.4) is 0 Å². The Morgan fingerprint density at radius 1 is 0.895 bits per heavy atom. The Hall–Kier alpha value is -2.06. The Kier molecular flexibility index (Phi) is 14.2. The molecule has 218 valence electrons. The van der Waals surface area contributed by atoms with Gasteiger partial charge in [-0.15, -0.1) is 0 Å². The minimum atomic E-state index is -1.97. The lowest BCUT2D eigenvalue weighted by molar-refractivity contribution is -0.156. The smallest absolute Gasteiger partial charge is 0.333 e. The van der Waals surface area contributed by atoms with Gasteiger partial charge in [0.15, 0.2) is 6.17 Å². The second-order valence-electron chi connectivity index (χ2n) is 11.0. The molecule has 0 heterocycles. The van der Waals surface area contributed by atoms with Gasteiger partial charge in [0, 0.05) is 5.57 Å². The van der Waals surface area contributed by atoms with Crippen molar-refractivity contribution in [2.75, 3.05) is 13.2 Å². The van der Waals surface area contributed by atoms with Crippen LogP contribution in [0.1, 0.15) is 97.3 Å². The lowest BCUT2D eigenvalue weighted by Gasteiger charge is -2.34. The van der Waals surface area contributed by atoms with E-state index in [0.717, 1.165) is 57.8 Å². The molecule has 0 saturated heterocycles. The zero-order valence-electron chi connectivity index (χ0n) is 22.9. The summed E-state index contributed by atoms with van der Waals surface area (Å²) < 4.78 is 56.2. The van der Waals surface area contributed by atoms with E-state index < -0.39 is 36.4 Å². The molecule has 0 aliphatic heterocycles. The third kappa shape index (κ3) is 11.4. The zero-order valence-corrected chi connectivity index (χ0v) is 22.9. The fraction of sp³-hybridized carbons (Fsp3) is 0.828. The van der Waals surface area contributed by atoms with Crippen molar-refractivity contribution in [2.24, 2.45) is 17.8 Å². The summed E-state index contributed by atoms with van der Waals surface area (Å²) >= 11 is 0. The molecule has 2 aliphatic carbocycles. The molecule has 0 aromatic carbocycles. The molecule has 6 nitrogen and oxygen atoms in total. The van der Waals surface area contributed by atoms with E-state index in [2.05, 4.69) is 13.5 Å². The number of hydrogen-bond donors (Lipinski definition) is 0. The molecule has 0 radical (unpaired) electrons. The van der Waals surface area contributed by atoms with Crippen LogP contribution in [0.25, 0.3) is 0 Å². The molecule has 2 saturated carbocycles. The molecule has 0 aromatic rings. The molecule has 3 unspecified atom stereocenters. The van der Waals surface area contributed by atoms with Gasteiger partial charge in [0.1, 0.15) is 31.7 Å². The van der Waals surface area contributed by atoms with Crippen LogP contribution in [0, 0.1) is 17.8 Å². The first-order valence-electron chi connectivity index (χ1n) is 14.2. The number of hydrogen-bond acceptors (Lipinski definition) is 6. The summed E-state index contributed by atoms with van der Waals surface area (Å²) in [7, 11) is 0. The molecule has 2 fully saturated rings. The van der Waals surface area contributed by atoms with Crippen molar-refractivity contribution in [1.82, 2.24) is 0 Å². The van der Waals surface area contributed by atoms with Crippen LogP contribution in [0.4, 0.5) is 13.2 Å². The molecule has 2 aliphatic rings. The topological polar surface area (TPSA) is 78.9 Å². The van der Waals surface area contributed by atoms with E-state index in [4.69, 9.17) is 14.2 Å². The molecular formula is C29H45F3O6. The van der Waals surface area contributed by atoms with Crippen molar-refractivity contribution in [3.05, 3.63) is 12.2 Å². The third-order valence-corrected chi connectivity index (χ3v) is 7.80. The maximum Gasteiger partial charge on any atom is 0.333 e. The highest BCUT2D eigenvalue weighted by atomic mass is 19.2. The lowest BCUT2D eigenvalue weighted by atomic mass is 9.74. The van der Waals surface area contributed by atoms with Gasteiger partial charge in [-0.3, -0.25) is 9.59 Å². The summed E-state index contributed by atoms with van der Waals surface area (Å²) in [5.41, 5.74) is 0.261. The quantitative estimate of drug-likeness (QED) is 0.100. The molecule has 0 amide bonds. The molecule has 0 N–H and O–H groups in total. The van der Waals surface area contributed by atoms with Gasteiger partial charge in [0.25, 0.3) is 0 Å². The largest absolute Gasteiger partial charge is 0.462 e. The summed E-state index contributed by atoms with van der Waals surface area (Å²) in [6, 6.07) is 0. The van der Waals surface area contributed by atoms with Crippen LogP contribution in [-0.4, -0.2) is 55.7 Å².